The minimum Gasteiger partial charge on any atom is -0.314 e. The van der Waals surface area contributed by atoms with Crippen molar-refractivity contribution in [3.8, 4) is 0 Å². The zero-order valence-electron chi connectivity index (χ0n) is 10.8. The molecule has 0 heterocycles. The minimum atomic E-state index is 0.448. The summed E-state index contributed by atoms with van der Waals surface area (Å²) in [5.74, 6) is 0.448. The van der Waals surface area contributed by atoms with E-state index >= 15 is 0 Å². The fourth-order valence-electron chi connectivity index (χ4n) is 1.93. The molecule has 16 heavy (non-hydrogen) atoms. The van der Waals surface area contributed by atoms with Gasteiger partial charge in [0, 0.05) is 25.4 Å². The fraction of sp³-hybridized carbons (Fsp3) is 0.929. The third kappa shape index (κ3) is 7.86. The first kappa shape index (κ1) is 13.7. The van der Waals surface area contributed by atoms with Gasteiger partial charge in [0.2, 0.25) is 0 Å². The highest BCUT2D eigenvalue weighted by Crippen LogP contribution is 2.18. The highest BCUT2D eigenvalue weighted by molar-refractivity contribution is 5.78. The molecule has 1 saturated carbocycles. The van der Waals surface area contributed by atoms with Gasteiger partial charge < -0.3 is 5.32 Å². The molecule has 0 atom stereocenters. The molecule has 1 aliphatic rings. The first-order chi connectivity index (χ1) is 7.83. The van der Waals surface area contributed by atoms with Crippen LogP contribution in [0, 0.1) is 0 Å². The van der Waals surface area contributed by atoms with Crippen LogP contribution < -0.4 is 5.32 Å². The van der Waals surface area contributed by atoms with E-state index in [-0.39, 0.29) is 0 Å². The van der Waals surface area contributed by atoms with Gasteiger partial charge in [-0.05, 0) is 19.3 Å². The summed E-state index contributed by atoms with van der Waals surface area (Å²) >= 11 is 0. The van der Waals surface area contributed by atoms with Gasteiger partial charge >= 0.3 is 0 Å². The molecule has 0 bridgehead atoms. The van der Waals surface area contributed by atoms with Gasteiger partial charge in [0.15, 0.2) is 0 Å². The van der Waals surface area contributed by atoms with Crippen molar-refractivity contribution in [2.24, 2.45) is 0 Å². The van der Waals surface area contributed by atoms with Crippen molar-refractivity contribution in [2.75, 3.05) is 6.54 Å². The Bertz CT molecular complexity index is 187. The molecule has 0 spiro atoms. The summed E-state index contributed by atoms with van der Waals surface area (Å²) in [6, 6.07) is 0.738. The maximum absolute atomic E-state index is 11.5. The molecule has 94 valence electrons. The highest BCUT2D eigenvalue weighted by atomic mass is 16.1. The van der Waals surface area contributed by atoms with E-state index in [2.05, 4.69) is 12.2 Å². The van der Waals surface area contributed by atoms with Gasteiger partial charge in [-0.1, -0.05) is 39.0 Å². The van der Waals surface area contributed by atoms with E-state index < -0.39 is 0 Å². The Morgan fingerprint density at radius 2 is 1.75 bits per heavy atom. The number of carbonyl (C=O) groups excluding carboxylic acids is 1. The molecule has 0 unspecified atom stereocenters. The summed E-state index contributed by atoms with van der Waals surface area (Å²) in [6.45, 7) is 3.13. The molecule has 1 aliphatic carbocycles. The van der Waals surface area contributed by atoms with E-state index in [1.807, 2.05) is 0 Å². The molecule has 0 amide bonds. The lowest BCUT2D eigenvalue weighted by atomic mass is 10.1. The van der Waals surface area contributed by atoms with Crippen molar-refractivity contribution >= 4 is 5.78 Å². The lowest BCUT2D eigenvalue weighted by Crippen LogP contribution is -2.20. The number of hydrogen-bond acceptors (Lipinski definition) is 2. The van der Waals surface area contributed by atoms with Crippen molar-refractivity contribution in [1.29, 1.82) is 0 Å². The maximum Gasteiger partial charge on any atom is 0.134 e. The number of hydrogen-bond donors (Lipinski definition) is 1. The lowest BCUT2D eigenvalue weighted by Gasteiger charge is -2.02. The second-order valence-electron chi connectivity index (χ2n) is 5.03. The standard InChI is InChI=1S/C14H27NO/c1-2-3-4-5-6-7-8-14(16)11-12-15-13-9-10-13/h13,15H,2-12H2,1H3. The number of Topliss-reactive ketones (excluding diaryl/α,β-unsaturated/α-hetero) is 1. The predicted molar refractivity (Wildman–Crippen MR) is 68.6 cm³/mol. The molecule has 2 nitrogen and oxygen atoms in total. The Kier molecular flexibility index (Phi) is 7.48. The van der Waals surface area contributed by atoms with Crippen molar-refractivity contribution in [3.05, 3.63) is 0 Å². The average molecular weight is 225 g/mol. The van der Waals surface area contributed by atoms with Crippen LogP contribution in [0.15, 0.2) is 0 Å². The Morgan fingerprint density at radius 3 is 2.44 bits per heavy atom. The predicted octanol–water partition coefficient (Wildman–Crippen LogP) is 3.45. The number of ketones is 1. The molecular formula is C14H27NO. The molecule has 0 aromatic rings. The lowest BCUT2D eigenvalue weighted by molar-refractivity contribution is -0.119. The largest absolute Gasteiger partial charge is 0.314 e. The van der Waals surface area contributed by atoms with Crippen molar-refractivity contribution < 1.29 is 4.79 Å². The van der Waals surface area contributed by atoms with Crippen molar-refractivity contribution in [2.45, 2.75) is 77.2 Å². The van der Waals surface area contributed by atoms with E-state index in [9.17, 15) is 4.79 Å². The molecule has 1 rings (SSSR count). The van der Waals surface area contributed by atoms with Gasteiger partial charge in [-0.15, -0.1) is 0 Å². The van der Waals surface area contributed by atoms with Gasteiger partial charge in [0.25, 0.3) is 0 Å². The first-order valence-corrected chi connectivity index (χ1v) is 7.08. The van der Waals surface area contributed by atoms with Crippen LogP contribution in [0.5, 0.6) is 0 Å². The number of carbonyl (C=O) groups is 1. The van der Waals surface area contributed by atoms with Gasteiger partial charge in [-0.25, -0.2) is 0 Å². The molecule has 0 saturated heterocycles. The second-order valence-corrected chi connectivity index (χ2v) is 5.03. The smallest absolute Gasteiger partial charge is 0.134 e. The summed E-state index contributed by atoms with van der Waals surface area (Å²) in [7, 11) is 0. The Balaban J connectivity index is 1.78. The quantitative estimate of drug-likeness (QED) is 0.546. The van der Waals surface area contributed by atoms with Crippen LogP contribution in [0.2, 0.25) is 0 Å². The first-order valence-electron chi connectivity index (χ1n) is 7.08. The minimum absolute atomic E-state index is 0.448. The summed E-state index contributed by atoms with van der Waals surface area (Å²) in [5.41, 5.74) is 0. The molecule has 2 heteroatoms. The van der Waals surface area contributed by atoms with E-state index in [1.165, 1.54) is 44.9 Å². The summed E-state index contributed by atoms with van der Waals surface area (Å²) < 4.78 is 0. The topological polar surface area (TPSA) is 29.1 Å². The van der Waals surface area contributed by atoms with Crippen molar-refractivity contribution in [3.63, 3.8) is 0 Å². The van der Waals surface area contributed by atoms with E-state index in [1.54, 1.807) is 0 Å². The van der Waals surface area contributed by atoms with Crippen LogP contribution in [-0.2, 0) is 4.79 Å². The molecule has 0 aromatic carbocycles. The van der Waals surface area contributed by atoms with Gasteiger partial charge in [-0.2, -0.15) is 0 Å². The molecule has 0 aliphatic heterocycles. The summed E-state index contributed by atoms with van der Waals surface area (Å²) in [4.78, 5) is 11.5. The summed E-state index contributed by atoms with van der Waals surface area (Å²) in [6.07, 6.45) is 11.8. The van der Waals surface area contributed by atoms with E-state index in [4.69, 9.17) is 0 Å². The van der Waals surface area contributed by atoms with Crippen LogP contribution >= 0.6 is 0 Å². The van der Waals surface area contributed by atoms with Crippen LogP contribution in [0.4, 0.5) is 0 Å². The van der Waals surface area contributed by atoms with Gasteiger partial charge in [0.1, 0.15) is 5.78 Å². The maximum atomic E-state index is 11.5. The molecule has 1 fully saturated rings. The van der Waals surface area contributed by atoms with Crippen LogP contribution in [0.25, 0.3) is 0 Å². The van der Waals surface area contributed by atoms with Crippen molar-refractivity contribution in [1.82, 2.24) is 5.32 Å². The van der Waals surface area contributed by atoms with Crippen LogP contribution in [0.1, 0.15) is 71.1 Å². The zero-order valence-corrected chi connectivity index (χ0v) is 10.8. The third-order valence-corrected chi connectivity index (χ3v) is 3.22. The second kappa shape index (κ2) is 8.74. The zero-order chi connectivity index (χ0) is 11.6. The SMILES string of the molecule is CCCCCCCCC(=O)CCNC1CC1. The van der Waals surface area contributed by atoms with Crippen LogP contribution in [-0.4, -0.2) is 18.4 Å². The van der Waals surface area contributed by atoms with Gasteiger partial charge in [0.05, 0.1) is 0 Å². The van der Waals surface area contributed by atoms with E-state index in [0.717, 1.165) is 31.8 Å². The Labute approximate surface area is 100 Å². The summed E-state index contributed by atoms with van der Waals surface area (Å²) in [5, 5.41) is 3.38. The molecule has 1 N–H and O–H groups in total. The van der Waals surface area contributed by atoms with E-state index in [0.29, 0.717) is 5.78 Å². The fourth-order valence-corrected chi connectivity index (χ4v) is 1.93. The third-order valence-electron chi connectivity index (χ3n) is 3.22. The monoisotopic (exact) mass is 225 g/mol. The highest BCUT2D eigenvalue weighted by Gasteiger charge is 2.19. The molecule has 0 radical (unpaired) electrons. The van der Waals surface area contributed by atoms with Gasteiger partial charge in [-0.3, -0.25) is 4.79 Å². The van der Waals surface area contributed by atoms with Crippen LogP contribution in [0.3, 0.4) is 0 Å². The number of unbranched alkanes of at least 4 members (excludes halogenated alkanes) is 5. The average Bonchev–Trinajstić information content (AvgIpc) is 3.07. The molecular weight excluding hydrogens is 198 g/mol. The number of rotatable bonds is 11. The molecule has 0 aromatic heterocycles. The Hall–Kier alpha value is -0.370. The Morgan fingerprint density at radius 1 is 1.06 bits per heavy atom. The normalized spacial score (nSPS) is 15.3. The number of nitrogens with one attached hydrogen (secondary N) is 1.